The average molecular weight is 231 g/mol. The lowest BCUT2D eigenvalue weighted by molar-refractivity contribution is 0.279. The largest absolute Gasteiger partial charge is 0.511 e. The van der Waals surface area contributed by atoms with Crippen molar-refractivity contribution in [3.8, 4) is 6.07 Å². The lowest BCUT2D eigenvalue weighted by atomic mass is 9.76. The van der Waals surface area contributed by atoms with Crippen LogP contribution in [0.1, 0.15) is 12.8 Å². The Labute approximate surface area is 92.6 Å². The van der Waals surface area contributed by atoms with Crippen LogP contribution in [0, 0.1) is 16.7 Å². The first-order valence-corrected chi connectivity index (χ1v) is 4.99. The van der Waals surface area contributed by atoms with Gasteiger partial charge in [0.1, 0.15) is 17.0 Å². The second-order valence-corrected chi connectivity index (χ2v) is 3.99. The van der Waals surface area contributed by atoms with Gasteiger partial charge in [-0.05, 0) is 12.5 Å². The number of allylic oxidation sites excluding steroid dienone is 3. The maximum Gasteiger partial charge on any atom is 0.123 e. The number of alkyl halides is 1. The Balaban J connectivity index is 2.99. The second-order valence-electron chi connectivity index (χ2n) is 3.56. The Morgan fingerprint density at radius 2 is 2.40 bits per heavy atom. The highest BCUT2D eigenvalue weighted by Gasteiger charge is 2.39. The average Bonchev–Trinajstić information content (AvgIpc) is 2.21. The molecule has 1 aliphatic rings. The van der Waals surface area contributed by atoms with Gasteiger partial charge >= 0.3 is 0 Å². The van der Waals surface area contributed by atoms with Crippen LogP contribution >= 0.6 is 11.6 Å². The maximum absolute atomic E-state index is 13.1. The number of aliphatic hydroxyl groups excluding tert-OH is 1. The van der Waals surface area contributed by atoms with E-state index in [1.54, 1.807) is 0 Å². The Kier molecular flexibility index (Phi) is 3.72. The third-order valence-corrected chi connectivity index (χ3v) is 3.22. The monoisotopic (exact) mass is 230 g/mol. The topological polar surface area (TPSA) is 70.0 Å². The fraction of sp³-hybridized carbons (Fsp3) is 0.500. The van der Waals surface area contributed by atoms with Crippen molar-refractivity contribution >= 4 is 11.6 Å². The third kappa shape index (κ3) is 2.31. The molecule has 0 aromatic heterocycles. The molecular formula is C10H12ClFN2O. The predicted molar refractivity (Wildman–Crippen MR) is 55.9 cm³/mol. The molecule has 0 radical (unpaired) electrons. The van der Waals surface area contributed by atoms with Crippen molar-refractivity contribution in [1.29, 1.82) is 5.26 Å². The Morgan fingerprint density at radius 3 is 2.93 bits per heavy atom. The summed E-state index contributed by atoms with van der Waals surface area (Å²) < 4.78 is 13.1. The number of nitrogens with two attached hydrogens (primary N) is 1. The van der Waals surface area contributed by atoms with E-state index in [1.165, 1.54) is 6.08 Å². The molecule has 0 saturated carbocycles. The molecule has 1 aliphatic carbocycles. The van der Waals surface area contributed by atoms with Gasteiger partial charge in [0.15, 0.2) is 0 Å². The minimum Gasteiger partial charge on any atom is -0.511 e. The van der Waals surface area contributed by atoms with E-state index < -0.39 is 16.6 Å². The number of halogens is 2. The Morgan fingerprint density at radius 1 is 1.73 bits per heavy atom. The van der Waals surface area contributed by atoms with E-state index in [1.807, 2.05) is 6.07 Å². The maximum atomic E-state index is 13.1. The first-order chi connectivity index (χ1) is 7.05. The van der Waals surface area contributed by atoms with Crippen molar-refractivity contribution in [3.05, 3.63) is 23.7 Å². The molecule has 0 aromatic rings. The van der Waals surface area contributed by atoms with Crippen LogP contribution in [0.4, 0.5) is 4.39 Å². The molecule has 0 heterocycles. The molecule has 15 heavy (non-hydrogen) atoms. The van der Waals surface area contributed by atoms with Crippen molar-refractivity contribution in [3.63, 3.8) is 0 Å². The summed E-state index contributed by atoms with van der Waals surface area (Å²) in [5.74, 6) is -0.798. The molecule has 0 bridgehead atoms. The summed E-state index contributed by atoms with van der Waals surface area (Å²) >= 11 is 5.97. The van der Waals surface area contributed by atoms with Crippen molar-refractivity contribution in [2.24, 2.45) is 11.1 Å². The van der Waals surface area contributed by atoms with Gasteiger partial charge < -0.3 is 10.8 Å². The van der Waals surface area contributed by atoms with Gasteiger partial charge in [-0.1, -0.05) is 0 Å². The number of nitrogens with zero attached hydrogens (tertiary/aromatic N) is 1. The van der Waals surface area contributed by atoms with E-state index in [0.29, 0.717) is 6.42 Å². The van der Waals surface area contributed by atoms with Crippen LogP contribution in [0.2, 0.25) is 0 Å². The SMILES string of the molecule is N#CCCC1(CN)C=C(F)C=C(O)C1Cl. The molecule has 3 N–H and O–H groups in total. The predicted octanol–water partition coefficient (Wildman–Crippen LogP) is 2.15. The van der Waals surface area contributed by atoms with Crippen LogP contribution in [0.5, 0.6) is 0 Å². The van der Waals surface area contributed by atoms with Crippen LogP contribution in [0.25, 0.3) is 0 Å². The molecule has 2 atom stereocenters. The molecule has 0 fully saturated rings. The molecule has 5 heteroatoms. The van der Waals surface area contributed by atoms with E-state index in [9.17, 15) is 9.50 Å². The number of hydrogen-bond donors (Lipinski definition) is 2. The summed E-state index contributed by atoms with van der Waals surface area (Å²) in [6, 6.07) is 1.96. The van der Waals surface area contributed by atoms with Crippen molar-refractivity contribution in [2.45, 2.75) is 18.2 Å². The quantitative estimate of drug-likeness (QED) is 0.730. The summed E-state index contributed by atoms with van der Waals surface area (Å²) in [4.78, 5) is 0. The number of hydrogen-bond acceptors (Lipinski definition) is 3. The number of rotatable bonds is 3. The number of aliphatic hydroxyl groups is 1. The summed E-state index contributed by atoms with van der Waals surface area (Å²) in [6.45, 7) is 0.0914. The second kappa shape index (κ2) is 4.65. The van der Waals surface area contributed by atoms with Gasteiger partial charge in [0.2, 0.25) is 0 Å². The smallest absolute Gasteiger partial charge is 0.123 e. The van der Waals surface area contributed by atoms with Gasteiger partial charge in [-0.3, -0.25) is 0 Å². The van der Waals surface area contributed by atoms with Crippen LogP contribution in [-0.2, 0) is 0 Å². The fourth-order valence-corrected chi connectivity index (χ4v) is 1.97. The molecule has 0 spiro atoms. The first kappa shape index (κ1) is 12.0. The van der Waals surface area contributed by atoms with E-state index in [-0.39, 0.29) is 18.7 Å². The highest BCUT2D eigenvalue weighted by atomic mass is 35.5. The summed E-state index contributed by atoms with van der Waals surface area (Å²) in [7, 11) is 0. The zero-order valence-corrected chi connectivity index (χ0v) is 8.84. The molecule has 0 saturated heterocycles. The van der Waals surface area contributed by atoms with Crippen LogP contribution < -0.4 is 5.73 Å². The lowest BCUT2D eigenvalue weighted by Crippen LogP contribution is -2.40. The highest BCUT2D eigenvalue weighted by molar-refractivity contribution is 6.23. The van der Waals surface area contributed by atoms with Crippen molar-refractivity contribution in [1.82, 2.24) is 0 Å². The molecule has 3 nitrogen and oxygen atoms in total. The standard InChI is InChI=1S/C10H12ClFN2O/c11-9-8(15)4-7(12)5-10(9,6-14)2-1-3-13/h4-5,9,15H,1-2,6,14H2. The minimum atomic E-state index is -0.861. The van der Waals surface area contributed by atoms with Gasteiger partial charge in [0, 0.05) is 24.5 Å². The van der Waals surface area contributed by atoms with Crippen molar-refractivity contribution in [2.75, 3.05) is 6.54 Å². The van der Waals surface area contributed by atoms with Gasteiger partial charge in [0.25, 0.3) is 0 Å². The van der Waals surface area contributed by atoms with Crippen molar-refractivity contribution < 1.29 is 9.50 Å². The van der Waals surface area contributed by atoms with E-state index in [2.05, 4.69) is 0 Å². The normalized spacial score (nSPS) is 30.4. The molecule has 0 amide bonds. The van der Waals surface area contributed by atoms with Gasteiger partial charge in [-0.25, -0.2) is 4.39 Å². The molecule has 82 valence electrons. The lowest BCUT2D eigenvalue weighted by Gasteiger charge is -2.35. The molecular weight excluding hydrogens is 219 g/mol. The number of nitriles is 1. The van der Waals surface area contributed by atoms with E-state index in [0.717, 1.165) is 6.08 Å². The zero-order chi connectivity index (χ0) is 11.5. The summed E-state index contributed by atoms with van der Waals surface area (Å²) in [6.07, 6.45) is 2.82. The van der Waals surface area contributed by atoms with Crippen LogP contribution in [0.3, 0.4) is 0 Å². The highest BCUT2D eigenvalue weighted by Crippen LogP contribution is 2.40. The van der Waals surface area contributed by atoms with E-state index in [4.69, 9.17) is 22.6 Å². The van der Waals surface area contributed by atoms with Crippen LogP contribution in [-0.4, -0.2) is 17.0 Å². The van der Waals surface area contributed by atoms with Gasteiger partial charge in [-0.2, -0.15) is 5.26 Å². The zero-order valence-electron chi connectivity index (χ0n) is 8.08. The molecule has 1 rings (SSSR count). The van der Waals surface area contributed by atoms with Gasteiger partial charge in [0.05, 0.1) is 6.07 Å². The minimum absolute atomic E-state index is 0.0914. The van der Waals surface area contributed by atoms with Crippen LogP contribution in [0.15, 0.2) is 23.7 Å². The third-order valence-electron chi connectivity index (χ3n) is 2.56. The summed E-state index contributed by atoms with van der Waals surface area (Å²) in [5.41, 5.74) is 4.69. The van der Waals surface area contributed by atoms with E-state index >= 15 is 0 Å². The Hall–Kier alpha value is -1.05. The molecule has 0 aromatic carbocycles. The summed E-state index contributed by atoms with van der Waals surface area (Å²) in [5, 5.41) is 17.2. The first-order valence-electron chi connectivity index (χ1n) is 4.56. The molecule has 0 aliphatic heterocycles. The molecule has 2 unspecified atom stereocenters. The Bertz CT molecular complexity index is 348. The van der Waals surface area contributed by atoms with Gasteiger partial charge in [-0.15, -0.1) is 11.6 Å². The fourth-order valence-electron chi connectivity index (χ4n) is 1.65.